The first kappa shape index (κ1) is 23.2. The summed E-state index contributed by atoms with van der Waals surface area (Å²) in [5, 5.41) is 5.45. The topological polar surface area (TPSA) is 116 Å². The highest BCUT2D eigenvalue weighted by atomic mass is 32.2. The van der Waals surface area contributed by atoms with Crippen molar-refractivity contribution in [3.63, 3.8) is 0 Å². The molecule has 1 saturated heterocycles. The monoisotopic (exact) mass is 450 g/mol. The van der Waals surface area contributed by atoms with Crippen molar-refractivity contribution in [3.8, 4) is 0 Å². The van der Waals surface area contributed by atoms with E-state index in [0.29, 0.717) is 25.2 Å². The quantitative estimate of drug-likeness (QED) is 0.618. The van der Waals surface area contributed by atoms with E-state index in [1.165, 1.54) is 28.6 Å². The first-order valence-electron chi connectivity index (χ1n) is 10.7. The molecule has 2 fully saturated rings. The van der Waals surface area contributed by atoms with Gasteiger partial charge in [-0.2, -0.15) is 4.31 Å². The van der Waals surface area contributed by atoms with E-state index in [1.807, 2.05) is 6.92 Å². The highest BCUT2D eigenvalue weighted by Crippen LogP contribution is 2.38. The zero-order chi connectivity index (χ0) is 22.8. The number of nitrogens with zero attached hydrogens (tertiary/aromatic N) is 2. The molecule has 0 aromatic heterocycles. The molecule has 1 aromatic rings. The van der Waals surface area contributed by atoms with E-state index in [1.54, 1.807) is 13.8 Å². The van der Waals surface area contributed by atoms with Gasteiger partial charge in [-0.1, -0.05) is 33.6 Å². The van der Waals surface area contributed by atoms with Gasteiger partial charge in [-0.15, -0.1) is 0 Å². The van der Waals surface area contributed by atoms with Crippen LogP contribution in [0.5, 0.6) is 0 Å². The van der Waals surface area contributed by atoms with Crippen LogP contribution in [0.15, 0.2) is 29.2 Å². The highest BCUT2D eigenvalue weighted by molar-refractivity contribution is 7.89. The molecule has 2 atom stereocenters. The van der Waals surface area contributed by atoms with Crippen LogP contribution in [0.3, 0.4) is 0 Å². The Bertz CT molecular complexity index is 958. The van der Waals surface area contributed by atoms with Gasteiger partial charge in [0.1, 0.15) is 12.1 Å². The van der Waals surface area contributed by atoms with Crippen molar-refractivity contribution in [1.29, 1.82) is 0 Å². The fourth-order valence-corrected chi connectivity index (χ4v) is 5.86. The molecule has 2 N–H and O–H groups in total. The number of amides is 4. The molecule has 1 aliphatic carbocycles. The largest absolute Gasteiger partial charge is 0.325 e. The van der Waals surface area contributed by atoms with Gasteiger partial charge in [0.15, 0.2) is 0 Å². The Balaban J connectivity index is 1.66. The third-order valence-electron chi connectivity index (χ3n) is 6.28. The number of carbonyl (C=O) groups excluding carboxylic acids is 3. The van der Waals surface area contributed by atoms with E-state index in [0.717, 1.165) is 24.2 Å². The maximum absolute atomic E-state index is 13.0. The molecule has 170 valence electrons. The van der Waals surface area contributed by atoms with Crippen molar-refractivity contribution in [2.75, 3.05) is 25.0 Å². The van der Waals surface area contributed by atoms with Crippen LogP contribution in [0.4, 0.5) is 10.5 Å². The van der Waals surface area contributed by atoms with Crippen LogP contribution in [-0.4, -0.2) is 60.6 Å². The number of urea groups is 1. The summed E-state index contributed by atoms with van der Waals surface area (Å²) in [5.74, 6) is -0.852. The van der Waals surface area contributed by atoms with E-state index in [2.05, 4.69) is 10.6 Å². The zero-order valence-corrected chi connectivity index (χ0v) is 19.0. The molecule has 31 heavy (non-hydrogen) atoms. The number of sulfonamides is 1. The summed E-state index contributed by atoms with van der Waals surface area (Å²) in [7, 11) is -3.59. The maximum atomic E-state index is 13.0. The average Bonchev–Trinajstić information content (AvgIpc) is 2.96. The third kappa shape index (κ3) is 4.31. The maximum Gasteiger partial charge on any atom is 0.325 e. The van der Waals surface area contributed by atoms with Crippen molar-refractivity contribution >= 4 is 33.6 Å². The van der Waals surface area contributed by atoms with Crippen LogP contribution in [0.25, 0.3) is 0 Å². The van der Waals surface area contributed by atoms with Crippen molar-refractivity contribution in [1.82, 2.24) is 14.5 Å². The van der Waals surface area contributed by atoms with Gasteiger partial charge in [0.25, 0.3) is 5.91 Å². The predicted octanol–water partition coefficient (Wildman–Crippen LogP) is 2.16. The van der Waals surface area contributed by atoms with Gasteiger partial charge < -0.3 is 10.6 Å². The summed E-state index contributed by atoms with van der Waals surface area (Å²) in [5.41, 5.74) is -0.521. The Morgan fingerprint density at radius 1 is 1.19 bits per heavy atom. The molecule has 4 amide bonds. The zero-order valence-electron chi connectivity index (χ0n) is 18.2. The highest BCUT2D eigenvalue weighted by Gasteiger charge is 2.55. The Labute approximate surface area is 183 Å². The SMILES string of the molecule is CCN(CC)S(=O)(=O)c1ccc(NC(=O)CN2C(=O)N[C@@]3(CCCC[C@@H]3C)C2=O)cc1. The summed E-state index contributed by atoms with van der Waals surface area (Å²) in [6.45, 7) is 5.83. The van der Waals surface area contributed by atoms with Crippen LogP contribution in [0, 0.1) is 5.92 Å². The standard InChI is InChI=1S/C21H30N4O5S/c1-4-24(5-2)31(29,30)17-11-9-16(10-12-17)22-18(26)14-25-19(27)21(23-20(25)28)13-7-6-8-15(21)3/h9-12,15H,4-8,13-14H2,1-3H3,(H,22,26)(H,23,28)/t15-,21+/m0/s1. The summed E-state index contributed by atoms with van der Waals surface area (Å²) >= 11 is 0. The Morgan fingerprint density at radius 2 is 1.84 bits per heavy atom. The van der Waals surface area contributed by atoms with Crippen LogP contribution in [-0.2, 0) is 19.6 Å². The van der Waals surface area contributed by atoms with Crippen LogP contribution >= 0.6 is 0 Å². The van der Waals surface area contributed by atoms with Gasteiger partial charge in [-0.05, 0) is 43.0 Å². The molecule has 1 saturated carbocycles. The molecule has 0 bridgehead atoms. The van der Waals surface area contributed by atoms with Gasteiger partial charge >= 0.3 is 6.03 Å². The van der Waals surface area contributed by atoms with Gasteiger partial charge in [-0.25, -0.2) is 13.2 Å². The van der Waals surface area contributed by atoms with Crippen molar-refractivity contribution in [2.24, 2.45) is 5.92 Å². The Kier molecular flexibility index (Phi) is 6.70. The van der Waals surface area contributed by atoms with Crippen molar-refractivity contribution < 1.29 is 22.8 Å². The van der Waals surface area contributed by atoms with Gasteiger partial charge in [-0.3, -0.25) is 14.5 Å². The van der Waals surface area contributed by atoms with Gasteiger partial charge in [0, 0.05) is 18.8 Å². The molecule has 1 aliphatic heterocycles. The lowest BCUT2D eigenvalue weighted by molar-refractivity contribution is -0.136. The summed E-state index contributed by atoms with van der Waals surface area (Å²) in [4.78, 5) is 39.0. The van der Waals surface area contributed by atoms with Crippen LogP contribution < -0.4 is 10.6 Å². The molecule has 3 rings (SSSR count). The second-order valence-corrected chi connectivity index (χ2v) is 10.0. The summed E-state index contributed by atoms with van der Waals surface area (Å²) < 4.78 is 26.5. The molecule has 1 aromatic carbocycles. The van der Waals surface area contributed by atoms with Crippen molar-refractivity contribution in [3.05, 3.63) is 24.3 Å². The Morgan fingerprint density at radius 3 is 2.42 bits per heavy atom. The number of imide groups is 1. The minimum atomic E-state index is -3.59. The average molecular weight is 451 g/mol. The molecule has 2 aliphatic rings. The van der Waals surface area contributed by atoms with E-state index >= 15 is 0 Å². The summed E-state index contributed by atoms with van der Waals surface area (Å²) in [6.07, 6.45) is 3.32. The third-order valence-corrected chi connectivity index (χ3v) is 8.35. The first-order chi connectivity index (χ1) is 14.7. The van der Waals surface area contributed by atoms with Gasteiger partial charge in [0.05, 0.1) is 4.90 Å². The summed E-state index contributed by atoms with van der Waals surface area (Å²) in [6, 6.07) is 5.29. The fourth-order valence-electron chi connectivity index (χ4n) is 4.41. The number of benzene rings is 1. The molecule has 10 heteroatoms. The second kappa shape index (κ2) is 8.96. The molecule has 0 radical (unpaired) electrons. The number of carbonyl (C=O) groups is 3. The van der Waals surface area contributed by atoms with E-state index in [-0.39, 0.29) is 16.7 Å². The van der Waals surface area contributed by atoms with Gasteiger partial charge in [0.2, 0.25) is 15.9 Å². The number of hydrogen-bond acceptors (Lipinski definition) is 5. The van der Waals surface area contributed by atoms with Crippen LogP contribution in [0.2, 0.25) is 0 Å². The molecule has 0 unspecified atom stereocenters. The minimum absolute atomic E-state index is 0.0195. The molecular formula is C21H30N4O5S. The smallest absolute Gasteiger partial charge is 0.325 e. The lowest BCUT2D eigenvalue weighted by Gasteiger charge is -2.36. The number of anilines is 1. The normalized spacial score (nSPS) is 24.0. The van der Waals surface area contributed by atoms with E-state index in [9.17, 15) is 22.8 Å². The minimum Gasteiger partial charge on any atom is -0.325 e. The molecule has 1 spiro atoms. The van der Waals surface area contributed by atoms with E-state index in [4.69, 9.17) is 0 Å². The van der Waals surface area contributed by atoms with E-state index < -0.39 is 34.0 Å². The number of rotatable bonds is 7. The molecule has 1 heterocycles. The molecular weight excluding hydrogens is 420 g/mol. The second-order valence-electron chi connectivity index (χ2n) is 8.10. The number of nitrogens with one attached hydrogen (secondary N) is 2. The predicted molar refractivity (Wildman–Crippen MR) is 116 cm³/mol. The lowest BCUT2D eigenvalue weighted by atomic mass is 9.73. The first-order valence-corrected chi connectivity index (χ1v) is 12.1. The lowest BCUT2D eigenvalue weighted by Crippen LogP contribution is -2.54. The Hall–Kier alpha value is -2.46. The van der Waals surface area contributed by atoms with Crippen LogP contribution in [0.1, 0.15) is 46.5 Å². The molecule has 9 nitrogen and oxygen atoms in total. The fraction of sp³-hybridized carbons (Fsp3) is 0.571. The number of hydrogen-bond donors (Lipinski definition) is 2. The van der Waals surface area contributed by atoms with Crippen molar-refractivity contribution in [2.45, 2.75) is 56.9 Å².